The topological polar surface area (TPSA) is 108 Å². The smallest absolute Gasteiger partial charge is 0.302 e. The van der Waals surface area contributed by atoms with Crippen molar-refractivity contribution in [1.29, 1.82) is 0 Å². The van der Waals surface area contributed by atoms with Crippen LogP contribution in [0, 0.1) is 20.2 Å². The predicted molar refractivity (Wildman–Crippen MR) is 70.4 cm³/mol. The van der Waals surface area contributed by atoms with Crippen LogP contribution in [0.15, 0.2) is 48.5 Å². The van der Waals surface area contributed by atoms with Gasteiger partial charge in [-0.1, -0.05) is 18.2 Å². The van der Waals surface area contributed by atoms with Gasteiger partial charge in [0.25, 0.3) is 5.69 Å². The van der Waals surface area contributed by atoms with Gasteiger partial charge < -0.3 is 4.84 Å². The van der Waals surface area contributed by atoms with Gasteiger partial charge >= 0.3 is 5.69 Å². The van der Waals surface area contributed by atoms with Crippen LogP contribution in [0.3, 0.4) is 0 Å². The summed E-state index contributed by atoms with van der Waals surface area (Å²) in [6.07, 6.45) is 0. The van der Waals surface area contributed by atoms with Crippen LogP contribution in [-0.4, -0.2) is 9.85 Å². The molecule has 0 spiro atoms. The second-order valence-corrected chi connectivity index (χ2v) is 3.73. The first-order valence-corrected chi connectivity index (χ1v) is 5.48. The Bertz CT molecular complexity index is 645. The normalized spacial score (nSPS) is 9.80. The molecule has 102 valence electrons. The Morgan fingerprint density at radius 1 is 0.950 bits per heavy atom. The maximum absolute atomic E-state index is 10.9. The quantitative estimate of drug-likeness (QED) is 0.663. The molecule has 0 fully saturated rings. The van der Waals surface area contributed by atoms with Crippen LogP contribution in [0.2, 0.25) is 0 Å². The van der Waals surface area contributed by atoms with E-state index in [1.54, 1.807) is 30.3 Å². The van der Waals surface area contributed by atoms with Crippen molar-refractivity contribution in [1.82, 2.24) is 0 Å². The molecule has 0 unspecified atom stereocenters. The van der Waals surface area contributed by atoms with Crippen LogP contribution >= 0.6 is 0 Å². The lowest BCUT2D eigenvalue weighted by Crippen LogP contribution is -2.07. The highest BCUT2D eigenvalue weighted by atomic mass is 16.7. The van der Waals surface area contributed by atoms with Gasteiger partial charge in [-0.3, -0.25) is 20.2 Å². The summed E-state index contributed by atoms with van der Waals surface area (Å²) in [4.78, 5) is 25.2. The lowest BCUT2D eigenvalue weighted by Gasteiger charge is -2.08. The monoisotopic (exact) mass is 275 g/mol. The molecule has 0 aromatic heterocycles. The fraction of sp³-hybridized carbons (Fsp3) is 0. The van der Waals surface area contributed by atoms with Crippen LogP contribution in [-0.2, 0) is 0 Å². The number of anilines is 1. The molecule has 2 aromatic carbocycles. The lowest BCUT2D eigenvalue weighted by atomic mass is 10.2. The third-order valence-corrected chi connectivity index (χ3v) is 2.41. The number of para-hydroxylation sites is 1. The number of nitrogens with zero attached hydrogens (tertiary/aromatic N) is 2. The Balaban J connectivity index is 2.23. The summed E-state index contributed by atoms with van der Waals surface area (Å²) in [6.45, 7) is 0. The number of hydrogen-bond acceptors (Lipinski definition) is 6. The minimum absolute atomic E-state index is 0.0319. The minimum atomic E-state index is -0.719. The third kappa shape index (κ3) is 2.99. The van der Waals surface area contributed by atoms with Crippen molar-refractivity contribution in [2.24, 2.45) is 0 Å². The number of hydrogen-bond donors (Lipinski definition) is 1. The zero-order valence-corrected chi connectivity index (χ0v) is 10.1. The molecule has 0 bridgehead atoms. The van der Waals surface area contributed by atoms with Crippen molar-refractivity contribution < 1.29 is 14.7 Å². The maximum Gasteiger partial charge on any atom is 0.302 e. The van der Waals surface area contributed by atoms with E-state index in [0.29, 0.717) is 5.75 Å². The molecule has 0 atom stereocenters. The highest BCUT2D eigenvalue weighted by molar-refractivity contribution is 5.64. The zero-order chi connectivity index (χ0) is 14.5. The molecule has 0 saturated carbocycles. The molecule has 8 nitrogen and oxygen atoms in total. The summed E-state index contributed by atoms with van der Waals surface area (Å²) < 4.78 is 0. The first-order valence-electron chi connectivity index (χ1n) is 5.48. The number of nitro benzene ring substituents is 2. The number of non-ortho nitro benzene ring substituents is 1. The highest BCUT2D eigenvalue weighted by Crippen LogP contribution is 2.29. The van der Waals surface area contributed by atoms with E-state index in [-0.39, 0.29) is 11.4 Å². The Labute approximate surface area is 112 Å². The molecule has 0 aliphatic heterocycles. The number of benzene rings is 2. The van der Waals surface area contributed by atoms with Crippen LogP contribution in [0.5, 0.6) is 5.75 Å². The molecular weight excluding hydrogens is 266 g/mol. The number of rotatable bonds is 5. The van der Waals surface area contributed by atoms with Crippen molar-refractivity contribution in [2.75, 3.05) is 5.48 Å². The highest BCUT2D eigenvalue weighted by Gasteiger charge is 2.19. The van der Waals surface area contributed by atoms with Crippen LogP contribution in [0.1, 0.15) is 0 Å². The van der Waals surface area contributed by atoms with Crippen molar-refractivity contribution in [2.45, 2.75) is 0 Å². The molecule has 1 N–H and O–H groups in total. The lowest BCUT2D eigenvalue weighted by molar-refractivity contribution is -0.393. The van der Waals surface area contributed by atoms with E-state index in [1.165, 1.54) is 6.07 Å². The average molecular weight is 275 g/mol. The fourth-order valence-corrected chi connectivity index (χ4v) is 1.47. The van der Waals surface area contributed by atoms with Gasteiger partial charge in [-0.25, -0.2) is 5.48 Å². The Kier molecular flexibility index (Phi) is 3.75. The predicted octanol–water partition coefficient (Wildman–Crippen LogP) is 2.91. The van der Waals surface area contributed by atoms with Crippen molar-refractivity contribution >= 4 is 17.1 Å². The van der Waals surface area contributed by atoms with E-state index >= 15 is 0 Å². The van der Waals surface area contributed by atoms with Gasteiger partial charge in [-0.2, -0.15) is 0 Å². The van der Waals surface area contributed by atoms with Crippen molar-refractivity contribution in [3.05, 3.63) is 68.8 Å². The van der Waals surface area contributed by atoms with Gasteiger partial charge in [-0.15, -0.1) is 0 Å². The molecule has 0 heterocycles. The molecule has 0 amide bonds. The Morgan fingerprint density at radius 3 is 2.25 bits per heavy atom. The number of nitro groups is 2. The molecule has 0 aliphatic carbocycles. The Hall–Kier alpha value is -3.16. The average Bonchev–Trinajstić information content (AvgIpc) is 2.45. The standard InChI is InChI=1S/C12H9N3O5/c16-14(17)9-6-7-11(12(8-9)15(18)19)13-20-10-4-2-1-3-5-10/h1-8,13H. The molecule has 0 saturated heterocycles. The SMILES string of the molecule is O=[N+]([O-])c1ccc(NOc2ccccc2)c([N+](=O)[O-])c1. The van der Waals surface area contributed by atoms with E-state index in [1.807, 2.05) is 0 Å². The van der Waals surface area contributed by atoms with Crippen molar-refractivity contribution in [3.63, 3.8) is 0 Å². The molecule has 0 aliphatic rings. The Morgan fingerprint density at radius 2 is 1.65 bits per heavy atom. The summed E-state index contributed by atoms with van der Waals surface area (Å²) in [5.74, 6) is 0.458. The second-order valence-electron chi connectivity index (χ2n) is 3.73. The maximum atomic E-state index is 10.9. The summed E-state index contributed by atoms with van der Waals surface area (Å²) in [5, 5.41) is 21.5. The fourth-order valence-electron chi connectivity index (χ4n) is 1.47. The van der Waals surface area contributed by atoms with Gasteiger partial charge in [0.15, 0.2) is 5.75 Å². The summed E-state index contributed by atoms with van der Waals surface area (Å²) >= 11 is 0. The molecule has 2 rings (SSSR count). The summed E-state index contributed by atoms with van der Waals surface area (Å²) in [7, 11) is 0. The van der Waals surface area contributed by atoms with Gasteiger partial charge in [-0.05, 0) is 18.2 Å². The first-order chi connectivity index (χ1) is 9.58. The van der Waals surface area contributed by atoms with Crippen LogP contribution < -0.4 is 10.3 Å². The first kappa shape index (κ1) is 13.3. The number of nitrogens with one attached hydrogen (secondary N) is 1. The van der Waals surface area contributed by atoms with Crippen LogP contribution in [0.4, 0.5) is 17.1 Å². The van der Waals surface area contributed by atoms with Gasteiger partial charge in [0.1, 0.15) is 5.69 Å². The van der Waals surface area contributed by atoms with Crippen molar-refractivity contribution in [3.8, 4) is 5.75 Å². The molecule has 8 heteroatoms. The van der Waals surface area contributed by atoms with E-state index in [0.717, 1.165) is 12.1 Å². The third-order valence-electron chi connectivity index (χ3n) is 2.41. The summed E-state index contributed by atoms with van der Waals surface area (Å²) in [6, 6.07) is 11.8. The van der Waals surface area contributed by atoms with E-state index < -0.39 is 15.5 Å². The minimum Gasteiger partial charge on any atom is -0.382 e. The molecule has 2 aromatic rings. The molecule has 20 heavy (non-hydrogen) atoms. The van der Waals surface area contributed by atoms with Crippen LogP contribution in [0.25, 0.3) is 0 Å². The van der Waals surface area contributed by atoms with E-state index in [2.05, 4.69) is 5.48 Å². The van der Waals surface area contributed by atoms with E-state index in [9.17, 15) is 20.2 Å². The van der Waals surface area contributed by atoms with Gasteiger partial charge in [0, 0.05) is 6.07 Å². The molecular formula is C12H9N3O5. The molecule has 0 radical (unpaired) electrons. The largest absolute Gasteiger partial charge is 0.382 e. The zero-order valence-electron chi connectivity index (χ0n) is 10.1. The van der Waals surface area contributed by atoms with E-state index in [4.69, 9.17) is 4.84 Å². The van der Waals surface area contributed by atoms with Gasteiger partial charge in [0.05, 0.1) is 15.9 Å². The summed E-state index contributed by atoms with van der Waals surface area (Å²) in [5.41, 5.74) is 1.65. The van der Waals surface area contributed by atoms with Gasteiger partial charge in [0.2, 0.25) is 0 Å². The second kappa shape index (κ2) is 5.65.